The lowest BCUT2D eigenvalue weighted by molar-refractivity contribution is -0.163. The van der Waals surface area contributed by atoms with Crippen molar-refractivity contribution in [3.8, 4) is 11.5 Å². The van der Waals surface area contributed by atoms with E-state index in [1.807, 2.05) is 19.2 Å². The number of aliphatic hydroxyl groups is 1. The minimum Gasteiger partial charge on any atom is -0.493 e. The number of rotatable bonds is 11. The molecule has 5 atom stereocenters. The van der Waals surface area contributed by atoms with Crippen LogP contribution >= 0.6 is 0 Å². The number of piperidine rings is 1. The van der Waals surface area contributed by atoms with Gasteiger partial charge in [-0.05, 0) is 57.0 Å². The molecular formula is C31H45N7O7. The zero-order chi connectivity index (χ0) is 32.5. The number of amides is 3. The summed E-state index contributed by atoms with van der Waals surface area (Å²) in [4.78, 5) is 45.2. The Labute approximate surface area is 263 Å². The van der Waals surface area contributed by atoms with Gasteiger partial charge < -0.3 is 50.8 Å². The quantitative estimate of drug-likeness (QED) is 0.127. The first kappa shape index (κ1) is 32.4. The third-order valence-electron chi connectivity index (χ3n) is 9.73. The summed E-state index contributed by atoms with van der Waals surface area (Å²) < 4.78 is 18.1. The number of methoxy groups -OCH3 is 1. The normalized spacial score (nSPS) is 26.9. The lowest BCUT2D eigenvalue weighted by Crippen LogP contribution is -2.74. The Balaban J connectivity index is 1.23. The number of guanidine groups is 1. The summed E-state index contributed by atoms with van der Waals surface area (Å²) in [5.41, 5.74) is 5.83. The number of ether oxygens (including phenoxy) is 3. The highest BCUT2D eigenvalue weighted by Crippen LogP contribution is 2.65. The first-order chi connectivity index (χ1) is 21.5. The fourth-order valence-electron chi connectivity index (χ4n) is 7.44. The molecule has 1 spiro atoms. The molecule has 246 valence electrons. The summed E-state index contributed by atoms with van der Waals surface area (Å²) in [6.45, 7) is 2.93. The van der Waals surface area contributed by atoms with Gasteiger partial charge in [0.2, 0.25) is 11.8 Å². The zero-order valence-electron chi connectivity index (χ0n) is 26.6. The fourth-order valence-corrected chi connectivity index (χ4v) is 7.44. The third kappa shape index (κ3) is 5.65. The van der Waals surface area contributed by atoms with Gasteiger partial charge in [0.15, 0.2) is 23.6 Å². The van der Waals surface area contributed by atoms with Crippen LogP contribution in [0.2, 0.25) is 0 Å². The van der Waals surface area contributed by atoms with Crippen LogP contribution in [0.3, 0.4) is 0 Å². The lowest BCUT2D eigenvalue weighted by Gasteiger charge is -2.61. The average Bonchev–Trinajstić information content (AvgIpc) is 3.37. The molecule has 6 N–H and O–H groups in total. The molecule has 0 saturated carbocycles. The van der Waals surface area contributed by atoms with Crippen LogP contribution < -0.4 is 31.2 Å². The van der Waals surface area contributed by atoms with Crippen molar-refractivity contribution in [1.82, 2.24) is 25.8 Å². The SMILES string of the molecule is CN=C(N)NCCC[C@H](NC(C)=O)C(=O)NCCN(C)C(=O)OC1=CCC2(O)[C@H]3Cc4ccc(OC)c5c4[C@@]2(CCN3C)C1O5. The van der Waals surface area contributed by atoms with E-state index in [2.05, 4.69) is 25.8 Å². The standard InChI is InChI=1S/C31H45N7O7/c1-18(39)36-20(7-6-13-35-28(32)33-2)27(40)34-14-16-38(4)29(41)44-22-10-11-31(42)23-17-19-8-9-21(43-5)25-24(19)30(31,26(22)45-25)12-15-37(23)3/h8-10,20,23,26,42H,6-7,11-17H2,1-5H3,(H,34,40)(H,36,39)(H3,32,33,35)/t20-,23+,26?,30-,31?/m0/s1. The van der Waals surface area contributed by atoms with Gasteiger partial charge in [-0.25, -0.2) is 4.79 Å². The maximum absolute atomic E-state index is 13.3. The van der Waals surface area contributed by atoms with Gasteiger partial charge in [-0.15, -0.1) is 0 Å². The molecule has 1 saturated heterocycles. The van der Waals surface area contributed by atoms with E-state index in [4.69, 9.17) is 19.9 Å². The molecule has 2 unspecified atom stereocenters. The van der Waals surface area contributed by atoms with E-state index in [9.17, 15) is 19.5 Å². The van der Waals surface area contributed by atoms with Crippen LogP contribution in [-0.4, -0.2) is 117 Å². The van der Waals surface area contributed by atoms with E-state index in [1.165, 1.54) is 11.8 Å². The van der Waals surface area contributed by atoms with Crippen molar-refractivity contribution in [2.45, 2.75) is 68.2 Å². The average molecular weight is 628 g/mol. The van der Waals surface area contributed by atoms with Crippen molar-refractivity contribution in [3.63, 3.8) is 0 Å². The Morgan fingerprint density at radius 3 is 2.78 bits per heavy atom. The summed E-state index contributed by atoms with van der Waals surface area (Å²) in [6.07, 6.45) is 3.09. The second-order valence-corrected chi connectivity index (χ2v) is 12.3. The highest BCUT2D eigenvalue weighted by atomic mass is 16.6. The summed E-state index contributed by atoms with van der Waals surface area (Å²) in [7, 11) is 6.78. The number of nitrogens with two attached hydrogens (primary N) is 1. The Morgan fingerprint density at radius 2 is 2.07 bits per heavy atom. The second-order valence-electron chi connectivity index (χ2n) is 12.3. The molecular weight excluding hydrogens is 582 g/mol. The van der Waals surface area contributed by atoms with Crippen molar-refractivity contribution >= 4 is 23.9 Å². The number of carbonyl (C=O) groups excluding carboxylic acids is 3. The van der Waals surface area contributed by atoms with Gasteiger partial charge in [-0.1, -0.05) is 6.07 Å². The Hall–Kier alpha value is -4.04. The number of nitrogens with one attached hydrogen (secondary N) is 3. The third-order valence-corrected chi connectivity index (χ3v) is 9.73. The predicted octanol–water partition coefficient (Wildman–Crippen LogP) is -0.0235. The van der Waals surface area contributed by atoms with Crippen LogP contribution in [0.1, 0.15) is 43.7 Å². The predicted molar refractivity (Wildman–Crippen MR) is 166 cm³/mol. The molecule has 3 amide bonds. The molecule has 2 bridgehead atoms. The second kappa shape index (κ2) is 12.8. The Kier molecular flexibility index (Phi) is 9.17. The van der Waals surface area contributed by atoms with Gasteiger partial charge in [-0.2, -0.15) is 0 Å². The maximum Gasteiger partial charge on any atom is 0.414 e. The molecule has 0 radical (unpaired) electrons. The highest BCUT2D eigenvalue weighted by Gasteiger charge is 2.72. The van der Waals surface area contributed by atoms with E-state index in [-0.39, 0.29) is 30.9 Å². The lowest BCUT2D eigenvalue weighted by atomic mass is 9.50. The van der Waals surface area contributed by atoms with Gasteiger partial charge in [0.05, 0.1) is 18.1 Å². The van der Waals surface area contributed by atoms with E-state index in [0.717, 1.165) is 17.7 Å². The summed E-state index contributed by atoms with van der Waals surface area (Å²) >= 11 is 0. The van der Waals surface area contributed by atoms with Crippen molar-refractivity contribution in [3.05, 3.63) is 35.1 Å². The van der Waals surface area contributed by atoms with E-state index < -0.39 is 29.3 Å². The largest absolute Gasteiger partial charge is 0.493 e. The highest BCUT2D eigenvalue weighted by molar-refractivity contribution is 5.86. The zero-order valence-corrected chi connectivity index (χ0v) is 26.6. The number of hydrogen-bond donors (Lipinski definition) is 5. The number of carbonyl (C=O) groups is 3. The van der Waals surface area contributed by atoms with Gasteiger partial charge in [0.25, 0.3) is 0 Å². The molecule has 2 aliphatic heterocycles. The molecule has 0 aromatic heterocycles. The fraction of sp³-hybridized carbons (Fsp3) is 0.613. The minimum absolute atomic E-state index is 0.107. The van der Waals surface area contributed by atoms with Crippen LogP contribution in [0.25, 0.3) is 0 Å². The Morgan fingerprint density at radius 1 is 1.29 bits per heavy atom. The minimum atomic E-state index is -1.10. The molecule has 2 aliphatic carbocycles. The molecule has 1 aromatic rings. The van der Waals surface area contributed by atoms with Crippen LogP contribution in [0.5, 0.6) is 11.5 Å². The first-order valence-corrected chi connectivity index (χ1v) is 15.4. The van der Waals surface area contributed by atoms with Crippen LogP contribution in [0, 0.1) is 0 Å². The van der Waals surface area contributed by atoms with Gasteiger partial charge >= 0.3 is 6.09 Å². The molecule has 4 aliphatic rings. The molecule has 1 fully saturated rings. The monoisotopic (exact) mass is 627 g/mol. The molecule has 1 aromatic carbocycles. The number of hydrogen-bond acceptors (Lipinski definition) is 9. The van der Waals surface area contributed by atoms with Crippen molar-refractivity contribution in [2.24, 2.45) is 10.7 Å². The molecule has 2 heterocycles. The van der Waals surface area contributed by atoms with Crippen molar-refractivity contribution in [1.29, 1.82) is 0 Å². The topological polar surface area (TPSA) is 180 Å². The summed E-state index contributed by atoms with van der Waals surface area (Å²) in [5, 5.41) is 20.7. The number of aliphatic imine (C=N–C) groups is 1. The number of benzene rings is 1. The van der Waals surface area contributed by atoms with Gasteiger partial charge in [-0.3, -0.25) is 14.6 Å². The maximum atomic E-state index is 13.3. The smallest absolute Gasteiger partial charge is 0.414 e. The number of nitrogens with zero attached hydrogens (tertiary/aromatic N) is 3. The van der Waals surface area contributed by atoms with E-state index in [1.54, 1.807) is 27.3 Å². The van der Waals surface area contributed by atoms with Gasteiger partial charge in [0, 0.05) is 58.7 Å². The first-order valence-electron chi connectivity index (χ1n) is 15.4. The number of likely N-dealkylation sites (N-methyl/N-ethyl adjacent to an activating group) is 2. The van der Waals surface area contributed by atoms with Crippen LogP contribution in [0.15, 0.2) is 29.0 Å². The van der Waals surface area contributed by atoms with Crippen LogP contribution in [0.4, 0.5) is 4.79 Å². The molecule has 5 rings (SSSR count). The molecule has 14 nitrogen and oxygen atoms in total. The van der Waals surface area contributed by atoms with E-state index in [0.29, 0.717) is 61.9 Å². The molecule has 14 heteroatoms. The Bertz CT molecular complexity index is 1400. The van der Waals surface area contributed by atoms with Gasteiger partial charge in [0.1, 0.15) is 11.8 Å². The van der Waals surface area contributed by atoms with Crippen molar-refractivity contribution < 1.29 is 33.7 Å². The van der Waals surface area contributed by atoms with Crippen molar-refractivity contribution in [2.75, 3.05) is 54.4 Å². The summed E-state index contributed by atoms with van der Waals surface area (Å²) in [5.74, 6) is 1.18. The molecule has 45 heavy (non-hydrogen) atoms. The van der Waals surface area contributed by atoms with E-state index >= 15 is 0 Å². The number of likely N-dealkylation sites (tertiary alicyclic amines) is 1. The summed E-state index contributed by atoms with van der Waals surface area (Å²) in [6, 6.07) is 3.10. The van der Waals surface area contributed by atoms with Crippen LogP contribution in [-0.2, 0) is 26.2 Å².